The summed E-state index contributed by atoms with van der Waals surface area (Å²) in [4.78, 5) is 14.8. The molecule has 208 valence electrons. The molecule has 0 amide bonds. The SMILES string of the molecule is C1=CC(n2c3ccccc3c3c4oc5ccccc5c4ccc32)NC(c2nc(-c3ccccc3)nc(-c3ccccc3)n2)=C1. The zero-order valence-corrected chi connectivity index (χ0v) is 23.6. The van der Waals surface area contributed by atoms with Crippen LogP contribution in [0.15, 0.2) is 144 Å². The minimum absolute atomic E-state index is 0.184. The van der Waals surface area contributed by atoms with Gasteiger partial charge in [0.1, 0.15) is 17.3 Å². The number of dihydropyridines is 1. The predicted octanol–water partition coefficient (Wildman–Crippen LogP) is 8.91. The molecule has 0 saturated heterocycles. The van der Waals surface area contributed by atoms with Crippen LogP contribution >= 0.6 is 0 Å². The van der Waals surface area contributed by atoms with Gasteiger partial charge in [-0.3, -0.25) is 0 Å². The fourth-order valence-corrected chi connectivity index (χ4v) is 6.30. The van der Waals surface area contributed by atoms with E-state index >= 15 is 0 Å². The van der Waals surface area contributed by atoms with Crippen molar-refractivity contribution >= 4 is 49.4 Å². The summed E-state index contributed by atoms with van der Waals surface area (Å²) >= 11 is 0. The van der Waals surface area contributed by atoms with Crippen molar-refractivity contribution < 1.29 is 4.42 Å². The average molecular weight is 568 g/mol. The Labute approximate surface area is 252 Å². The molecule has 5 aromatic carbocycles. The molecule has 6 heteroatoms. The van der Waals surface area contributed by atoms with Gasteiger partial charge in [0.2, 0.25) is 0 Å². The van der Waals surface area contributed by atoms with Crippen LogP contribution in [0.25, 0.3) is 72.2 Å². The fourth-order valence-electron chi connectivity index (χ4n) is 6.30. The first kappa shape index (κ1) is 24.6. The molecule has 0 bridgehead atoms. The Morgan fingerprint density at radius 3 is 1.95 bits per heavy atom. The number of para-hydroxylation sites is 2. The first-order valence-electron chi connectivity index (χ1n) is 14.7. The second-order valence-electron chi connectivity index (χ2n) is 10.9. The van der Waals surface area contributed by atoms with E-state index < -0.39 is 0 Å². The molecule has 0 aliphatic carbocycles. The highest BCUT2D eigenvalue weighted by Gasteiger charge is 2.24. The van der Waals surface area contributed by atoms with Gasteiger partial charge in [0, 0.05) is 27.3 Å². The van der Waals surface area contributed by atoms with Crippen LogP contribution < -0.4 is 5.32 Å². The van der Waals surface area contributed by atoms with Gasteiger partial charge in [-0.2, -0.15) is 0 Å². The number of nitrogens with one attached hydrogen (secondary N) is 1. The van der Waals surface area contributed by atoms with E-state index in [9.17, 15) is 0 Å². The maximum atomic E-state index is 6.49. The third-order valence-corrected chi connectivity index (χ3v) is 8.30. The lowest BCUT2D eigenvalue weighted by Gasteiger charge is -2.24. The fraction of sp³-hybridized carbons (Fsp3) is 0.0263. The molecule has 1 aliphatic rings. The molecule has 44 heavy (non-hydrogen) atoms. The van der Waals surface area contributed by atoms with Crippen molar-refractivity contribution in [2.75, 3.05) is 0 Å². The highest BCUT2D eigenvalue weighted by Crippen LogP contribution is 2.40. The van der Waals surface area contributed by atoms with Crippen LogP contribution in [0.5, 0.6) is 0 Å². The van der Waals surface area contributed by atoms with Gasteiger partial charge >= 0.3 is 0 Å². The molecule has 0 saturated carbocycles. The molecule has 3 aromatic heterocycles. The lowest BCUT2D eigenvalue weighted by atomic mass is 10.1. The smallest absolute Gasteiger partial charge is 0.179 e. The van der Waals surface area contributed by atoms with Gasteiger partial charge in [-0.1, -0.05) is 103 Å². The molecule has 0 spiro atoms. The summed E-state index contributed by atoms with van der Waals surface area (Å²) in [5, 5.41) is 8.25. The minimum Gasteiger partial charge on any atom is -0.455 e. The Bertz CT molecular complexity index is 2360. The summed E-state index contributed by atoms with van der Waals surface area (Å²) in [6.07, 6.45) is 6.08. The van der Waals surface area contributed by atoms with Gasteiger partial charge in [-0.05, 0) is 36.4 Å². The second-order valence-corrected chi connectivity index (χ2v) is 10.9. The molecular weight excluding hydrogens is 542 g/mol. The molecule has 8 aromatic rings. The Hall–Kier alpha value is -6.01. The molecular formula is C38H25N5O. The van der Waals surface area contributed by atoms with Gasteiger partial charge in [0.05, 0.1) is 22.1 Å². The van der Waals surface area contributed by atoms with E-state index in [2.05, 4.69) is 70.6 Å². The molecule has 0 radical (unpaired) electrons. The van der Waals surface area contributed by atoms with Gasteiger partial charge in [-0.15, -0.1) is 0 Å². The van der Waals surface area contributed by atoms with Gasteiger partial charge in [0.15, 0.2) is 17.5 Å². The number of nitrogens with zero attached hydrogens (tertiary/aromatic N) is 4. The van der Waals surface area contributed by atoms with Crippen LogP contribution in [0.3, 0.4) is 0 Å². The Balaban J connectivity index is 1.19. The second kappa shape index (κ2) is 9.78. The summed E-state index contributed by atoms with van der Waals surface area (Å²) < 4.78 is 8.82. The van der Waals surface area contributed by atoms with E-state index in [-0.39, 0.29) is 6.17 Å². The van der Waals surface area contributed by atoms with Crippen LogP contribution in [0.1, 0.15) is 12.0 Å². The number of hydrogen-bond acceptors (Lipinski definition) is 5. The van der Waals surface area contributed by atoms with Crippen molar-refractivity contribution in [3.8, 4) is 22.8 Å². The third-order valence-electron chi connectivity index (χ3n) is 8.30. The van der Waals surface area contributed by atoms with E-state index in [0.29, 0.717) is 17.5 Å². The predicted molar refractivity (Wildman–Crippen MR) is 177 cm³/mol. The highest BCUT2D eigenvalue weighted by atomic mass is 16.3. The van der Waals surface area contributed by atoms with Crippen LogP contribution in [0.4, 0.5) is 0 Å². The molecule has 1 atom stereocenters. The molecule has 1 aliphatic heterocycles. The molecule has 4 heterocycles. The first-order chi connectivity index (χ1) is 21.8. The lowest BCUT2D eigenvalue weighted by Crippen LogP contribution is -2.26. The topological polar surface area (TPSA) is 68.8 Å². The van der Waals surface area contributed by atoms with E-state index in [1.54, 1.807) is 0 Å². The first-order valence-corrected chi connectivity index (χ1v) is 14.7. The van der Waals surface area contributed by atoms with E-state index in [0.717, 1.165) is 60.6 Å². The summed E-state index contributed by atoms with van der Waals surface area (Å²) in [7, 11) is 0. The van der Waals surface area contributed by atoms with Gasteiger partial charge in [-0.25, -0.2) is 15.0 Å². The summed E-state index contributed by atoms with van der Waals surface area (Å²) in [6.45, 7) is 0. The molecule has 0 fully saturated rings. The van der Waals surface area contributed by atoms with Crippen LogP contribution in [-0.2, 0) is 0 Å². The molecule has 1 N–H and O–H groups in total. The molecule has 9 rings (SSSR count). The Kier molecular flexibility index (Phi) is 5.46. The maximum absolute atomic E-state index is 6.49. The summed E-state index contributed by atoms with van der Waals surface area (Å²) in [6, 6.07) is 41.2. The zero-order chi connectivity index (χ0) is 29.0. The minimum atomic E-state index is -0.184. The number of allylic oxidation sites excluding steroid dienone is 2. The van der Waals surface area contributed by atoms with Crippen LogP contribution in [-0.4, -0.2) is 19.5 Å². The molecule has 6 nitrogen and oxygen atoms in total. The Morgan fingerprint density at radius 1 is 0.568 bits per heavy atom. The summed E-state index contributed by atoms with van der Waals surface area (Å²) in [5.74, 6) is 1.85. The standard InChI is InChI=1S/C38H25N5O/c1-3-12-24(13-4-1)36-40-37(25-14-5-2-6-15-25)42-38(41-36)29-18-11-21-33(39-29)43-30-19-9-7-17-28(30)34-31(43)23-22-27-26-16-8-10-20-32(26)44-35(27)34/h1-23,33,39H. The van der Waals surface area contributed by atoms with Crippen molar-refractivity contribution in [2.45, 2.75) is 6.17 Å². The molecule has 1 unspecified atom stereocenters. The van der Waals surface area contributed by atoms with Gasteiger partial charge < -0.3 is 14.3 Å². The maximum Gasteiger partial charge on any atom is 0.179 e. The quantitative estimate of drug-likeness (QED) is 0.230. The Morgan fingerprint density at radius 2 is 1.20 bits per heavy atom. The number of furan rings is 1. The van der Waals surface area contributed by atoms with Crippen molar-refractivity contribution in [1.29, 1.82) is 0 Å². The number of aromatic nitrogens is 4. The van der Waals surface area contributed by atoms with E-state index in [4.69, 9.17) is 19.4 Å². The van der Waals surface area contributed by atoms with E-state index in [1.165, 1.54) is 0 Å². The summed E-state index contributed by atoms with van der Waals surface area (Å²) in [5.41, 5.74) is 6.71. The highest BCUT2D eigenvalue weighted by molar-refractivity contribution is 6.23. The van der Waals surface area contributed by atoms with Crippen molar-refractivity contribution in [3.05, 3.63) is 145 Å². The average Bonchev–Trinajstić information content (AvgIpc) is 3.65. The lowest BCUT2D eigenvalue weighted by molar-refractivity contribution is 0.586. The third kappa shape index (κ3) is 3.85. The number of benzene rings is 5. The van der Waals surface area contributed by atoms with Crippen molar-refractivity contribution in [1.82, 2.24) is 24.8 Å². The number of fused-ring (bicyclic) bond motifs is 7. The van der Waals surface area contributed by atoms with Crippen LogP contribution in [0.2, 0.25) is 0 Å². The normalized spacial score (nSPS) is 14.8. The van der Waals surface area contributed by atoms with Crippen molar-refractivity contribution in [3.63, 3.8) is 0 Å². The number of rotatable bonds is 4. The van der Waals surface area contributed by atoms with Crippen molar-refractivity contribution in [2.24, 2.45) is 0 Å². The van der Waals surface area contributed by atoms with E-state index in [1.807, 2.05) is 78.9 Å². The largest absolute Gasteiger partial charge is 0.455 e. The zero-order valence-electron chi connectivity index (χ0n) is 23.6. The van der Waals surface area contributed by atoms with Crippen LogP contribution in [0, 0.1) is 0 Å². The monoisotopic (exact) mass is 567 g/mol. The van der Waals surface area contributed by atoms with Gasteiger partial charge in [0.25, 0.3) is 0 Å². The number of hydrogen-bond donors (Lipinski definition) is 1.